The van der Waals surface area contributed by atoms with Crippen LogP contribution in [-0.4, -0.2) is 12.1 Å². The van der Waals surface area contributed by atoms with Gasteiger partial charge in [0, 0.05) is 0 Å². The number of ether oxygens (including phenoxy) is 1. The van der Waals surface area contributed by atoms with Crippen molar-refractivity contribution < 1.29 is 9.53 Å². The van der Waals surface area contributed by atoms with E-state index >= 15 is 0 Å². The largest absolute Gasteiger partial charge is 0.458 e. The summed E-state index contributed by atoms with van der Waals surface area (Å²) in [5.74, 6) is 0.429. The minimum Gasteiger partial charge on any atom is -0.458 e. The monoisotopic (exact) mass is 238 g/mol. The molecule has 1 saturated carbocycles. The molecule has 2 atom stereocenters. The number of esters is 1. The second-order valence-corrected chi connectivity index (χ2v) is 5.32. The van der Waals surface area contributed by atoms with E-state index in [0.29, 0.717) is 5.92 Å². The van der Waals surface area contributed by atoms with Crippen molar-refractivity contribution in [3.63, 3.8) is 0 Å². The molecule has 1 aliphatic rings. The zero-order valence-electron chi connectivity index (χ0n) is 9.65. The van der Waals surface area contributed by atoms with Gasteiger partial charge in [-0.05, 0) is 43.0 Å². The number of thiophene rings is 1. The van der Waals surface area contributed by atoms with Crippen molar-refractivity contribution >= 4 is 17.3 Å². The summed E-state index contributed by atoms with van der Waals surface area (Å²) in [7, 11) is 0. The quantitative estimate of drug-likeness (QED) is 0.747. The summed E-state index contributed by atoms with van der Waals surface area (Å²) in [5, 5.41) is 1.91. The molecule has 0 amide bonds. The van der Waals surface area contributed by atoms with Crippen molar-refractivity contribution in [1.82, 2.24) is 0 Å². The molecule has 88 valence electrons. The second-order valence-electron chi connectivity index (χ2n) is 4.37. The van der Waals surface area contributed by atoms with Gasteiger partial charge in [-0.25, -0.2) is 4.79 Å². The number of hydrogen-bond acceptors (Lipinski definition) is 3. The van der Waals surface area contributed by atoms with Crippen molar-refractivity contribution in [3.05, 3.63) is 22.4 Å². The molecule has 0 bridgehead atoms. The van der Waals surface area contributed by atoms with Crippen molar-refractivity contribution in [2.45, 2.75) is 45.1 Å². The van der Waals surface area contributed by atoms with E-state index in [9.17, 15) is 4.79 Å². The topological polar surface area (TPSA) is 26.3 Å². The maximum Gasteiger partial charge on any atom is 0.348 e. The van der Waals surface area contributed by atoms with Gasteiger partial charge in [0.15, 0.2) is 0 Å². The van der Waals surface area contributed by atoms with Gasteiger partial charge >= 0.3 is 5.97 Å². The van der Waals surface area contributed by atoms with E-state index in [1.54, 1.807) is 0 Å². The SMILES string of the molecule is CCC1CCCCC1OC(=O)c1cccs1. The van der Waals surface area contributed by atoms with Crippen LogP contribution in [0.1, 0.15) is 48.7 Å². The van der Waals surface area contributed by atoms with Crippen LogP contribution in [0.15, 0.2) is 17.5 Å². The van der Waals surface area contributed by atoms with Crippen LogP contribution in [-0.2, 0) is 4.74 Å². The Balaban J connectivity index is 1.95. The Labute approximate surface area is 101 Å². The highest BCUT2D eigenvalue weighted by Gasteiger charge is 2.27. The van der Waals surface area contributed by atoms with E-state index in [1.165, 1.54) is 30.6 Å². The fraction of sp³-hybridized carbons (Fsp3) is 0.615. The molecule has 1 fully saturated rings. The van der Waals surface area contributed by atoms with Crippen molar-refractivity contribution in [3.8, 4) is 0 Å². The maximum atomic E-state index is 11.8. The lowest BCUT2D eigenvalue weighted by Crippen LogP contribution is -2.29. The zero-order valence-corrected chi connectivity index (χ0v) is 10.5. The first-order valence-electron chi connectivity index (χ1n) is 6.05. The number of carbonyl (C=O) groups is 1. The maximum absolute atomic E-state index is 11.8. The molecule has 1 aromatic heterocycles. The van der Waals surface area contributed by atoms with Crippen LogP contribution in [0.4, 0.5) is 0 Å². The van der Waals surface area contributed by atoms with Crippen LogP contribution < -0.4 is 0 Å². The summed E-state index contributed by atoms with van der Waals surface area (Å²) in [6.07, 6.45) is 5.98. The third-order valence-corrected chi connectivity index (χ3v) is 4.19. The van der Waals surface area contributed by atoms with E-state index in [0.717, 1.165) is 17.7 Å². The Bertz CT molecular complexity index is 332. The smallest absolute Gasteiger partial charge is 0.348 e. The summed E-state index contributed by atoms with van der Waals surface area (Å²) < 4.78 is 5.61. The average Bonchev–Trinajstić information content (AvgIpc) is 2.83. The van der Waals surface area contributed by atoms with Gasteiger partial charge in [-0.15, -0.1) is 11.3 Å². The van der Waals surface area contributed by atoms with E-state index in [4.69, 9.17) is 4.74 Å². The molecular weight excluding hydrogens is 220 g/mol. The van der Waals surface area contributed by atoms with Gasteiger partial charge < -0.3 is 4.74 Å². The Hall–Kier alpha value is -0.830. The molecule has 0 radical (unpaired) electrons. The van der Waals surface area contributed by atoms with Crippen molar-refractivity contribution in [2.75, 3.05) is 0 Å². The van der Waals surface area contributed by atoms with Gasteiger partial charge in [-0.2, -0.15) is 0 Å². The summed E-state index contributed by atoms with van der Waals surface area (Å²) in [4.78, 5) is 12.5. The number of rotatable bonds is 3. The molecule has 1 aliphatic carbocycles. The Morgan fingerprint density at radius 3 is 3.00 bits per heavy atom. The molecule has 0 spiro atoms. The predicted octanol–water partition coefficient (Wildman–Crippen LogP) is 3.87. The van der Waals surface area contributed by atoms with E-state index < -0.39 is 0 Å². The van der Waals surface area contributed by atoms with Crippen LogP contribution in [0.25, 0.3) is 0 Å². The lowest BCUT2D eigenvalue weighted by molar-refractivity contribution is 0.00122. The van der Waals surface area contributed by atoms with Crippen molar-refractivity contribution in [2.24, 2.45) is 5.92 Å². The first-order valence-corrected chi connectivity index (χ1v) is 6.93. The normalized spacial score (nSPS) is 25.3. The molecule has 1 aromatic rings. The molecule has 0 aromatic carbocycles. The van der Waals surface area contributed by atoms with Gasteiger partial charge in [0.05, 0.1) is 0 Å². The highest BCUT2D eigenvalue weighted by molar-refractivity contribution is 7.11. The van der Waals surface area contributed by atoms with Gasteiger partial charge in [-0.3, -0.25) is 0 Å². The molecular formula is C13H18O2S. The zero-order chi connectivity index (χ0) is 11.4. The number of hydrogen-bond donors (Lipinski definition) is 0. The first-order chi connectivity index (χ1) is 7.81. The standard InChI is InChI=1S/C13H18O2S/c1-2-10-6-3-4-7-11(10)15-13(14)12-8-5-9-16-12/h5,8-11H,2-4,6-7H2,1H3. The average molecular weight is 238 g/mol. The number of carbonyl (C=O) groups excluding carboxylic acids is 1. The van der Waals surface area contributed by atoms with Crippen LogP contribution in [0.5, 0.6) is 0 Å². The fourth-order valence-electron chi connectivity index (χ4n) is 2.39. The van der Waals surface area contributed by atoms with E-state index in [1.807, 2.05) is 17.5 Å². The van der Waals surface area contributed by atoms with E-state index in [-0.39, 0.29) is 12.1 Å². The minimum atomic E-state index is -0.139. The fourth-order valence-corrected chi connectivity index (χ4v) is 2.99. The summed E-state index contributed by atoms with van der Waals surface area (Å²) >= 11 is 1.45. The van der Waals surface area contributed by atoms with Crippen LogP contribution in [0, 0.1) is 5.92 Å². The summed E-state index contributed by atoms with van der Waals surface area (Å²) in [5.41, 5.74) is 0. The van der Waals surface area contributed by atoms with Gasteiger partial charge in [0.25, 0.3) is 0 Å². The first kappa shape index (κ1) is 11.6. The van der Waals surface area contributed by atoms with Crippen LogP contribution in [0.2, 0.25) is 0 Å². The van der Waals surface area contributed by atoms with Gasteiger partial charge in [0.2, 0.25) is 0 Å². The molecule has 0 N–H and O–H groups in total. The molecule has 2 unspecified atom stereocenters. The molecule has 2 rings (SSSR count). The predicted molar refractivity (Wildman–Crippen MR) is 65.8 cm³/mol. The minimum absolute atomic E-state index is 0.139. The van der Waals surface area contributed by atoms with Gasteiger partial charge in [-0.1, -0.05) is 19.4 Å². The highest BCUT2D eigenvalue weighted by atomic mass is 32.1. The lowest BCUT2D eigenvalue weighted by atomic mass is 9.85. The molecule has 0 aliphatic heterocycles. The van der Waals surface area contributed by atoms with Gasteiger partial charge in [0.1, 0.15) is 11.0 Å². The third kappa shape index (κ3) is 2.64. The van der Waals surface area contributed by atoms with Crippen LogP contribution >= 0.6 is 11.3 Å². The molecule has 2 nitrogen and oxygen atoms in total. The summed E-state index contributed by atoms with van der Waals surface area (Å²) in [6.45, 7) is 2.18. The van der Waals surface area contributed by atoms with Crippen molar-refractivity contribution in [1.29, 1.82) is 0 Å². The molecule has 0 saturated heterocycles. The second kappa shape index (κ2) is 5.48. The summed E-state index contributed by atoms with van der Waals surface area (Å²) in [6, 6.07) is 3.72. The lowest BCUT2D eigenvalue weighted by Gasteiger charge is -2.30. The molecule has 3 heteroatoms. The Kier molecular flexibility index (Phi) is 3.99. The van der Waals surface area contributed by atoms with E-state index in [2.05, 4.69) is 6.92 Å². The van der Waals surface area contributed by atoms with Crippen LogP contribution in [0.3, 0.4) is 0 Å². The Morgan fingerprint density at radius 1 is 1.50 bits per heavy atom. The highest BCUT2D eigenvalue weighted by Crippen LogP contribution is 2.30. The molecule has 1 heterocycles. The molecule has 16 heavy (non-hydrogen) atoms. The Morgan fingerprint density at radius 2 is 2.31 bits per heavy atom. The third-order valence-electron chi connectivity index (χ3n) is 3.34.